The first kappa shape index (κ1) is 20.8. The van der Waals surface area contributed by atoms with E-state index in [1.807, 2.05) is 44.2 Å². The van der Waals surface area contributed by atoms with Gasteiger partial charge in [0.05, 0.1) is 0 Å². The SMILES string of the molecule is Cc1cc(OCC(O)CNC(C)c2ccccc2)cc(C)c1Cl.[Cl-]. The minimum atomic E-state index is -0.572. The highest BCUT2D eigenvalue weighted by atomic mass is 35.5. The second-order valence-corrected chi connectivity index (χ2v) is 6.25. The number of halogens is 2. The molecule has 0 heterocycles. The van der Waals surface area contributed by atoms with E-state index in [1.54, 1.807) is 0 Å². The van der Waals surface area contributed by atoms with Crippen molar-refractivity contribution in [3.8, 4) is 5.75 Å². The third kappa shape index (κ3) is 5.99. The molecular weight excluding hydrogens is 345 g/mol. The predicted molar refractivity (Wildman–Crippen MR) is 95.3 cm³/mol. The van der Waals surface area contributed by atoms with E-state index in [1.165, 1.54) is 5.56 Å². The van der Waals surface area contributed by atoms with Crippen LogP contribution < -0.4 is 22.5 Å². The first-order valence-electron chi connectivity index (χ1n) is 7.83. The average molecular weight is 369 g/mol. The van der Waals surface area contributed by atoms with Gasteiger partial charge in [-0.1, -0.05) is 41.9 Å². The van der Waals surface area contributed by atoms with Crippen molar-refractivity contribution in [3.63, 3.8) is 0 Å². The number of nitrogens with one attached hydrogen (secondary N) is 1. The first-order valence-corrected chi connectivity index (χ1v) is 8.21. The van der Waals surface area contributed by atoms with E-state index >= 15 is 0 Å². The topological polar surface area (TPSA) is 41.5 Å². The van der Waals surface area contributed by atoms with Crippen molar-refractivity contribution in [2.75, 3.05) is 13.2 Å². The molecule has 0 aliphatic rings. The number of aliphatic hydroxyl groups is 1. The van der Waals surface area contributed by atoms with Gasteiger partial charge < -0.3 is 27.6 Å². The minimum absolute atomic E-state index is 0. The number of ether oxygens (including phenoxy) is 1. The molecule has 0 spiro atoms. The van der Waals surface area contributed by atoms with Gasteiger partial charge >= 0.3 is 0 Å². The molecule has 2 rings (SSSR count). The molecule has 24 heavy (non-hydrogen) atoms. The molecule has 2 aromatic rings. The Bertz CT molecular complexity index is 612. The Balaban J connectivity index is 0.00000288. The summed E-state index contributed by atoms with van der Waals surface area (Å²) in [5.41, 5.74) is 3.16. The highest BCUT2D eigenvalue weighted by molar-refractivity contribution is 6.32. The average Bonchev–Trinajstić information content (AvgIpc) is 2.56. The highest BCUT2D eigenvalue weighted by Gasteiger charge is 2.10. The summed E-state index contributed by atoms with van der Waals surface area (Å²) >= 11 is 6.14. The van der Waals surface area contributed by atoms with Gasteiger partial charge in [0.25, 0.3) is 0 Å². The zero-order chi connectivity index (χ0) is 16.8. The number of benzene rings is 2. The molecule has 2 N–H and O–H groups in total. The smallest absolute Gasteiger partial charge is 0.120 e. The monoisotopic (exact) mass is 368 g/mol. The molecule has 0 aliphatic carbocycles. The van der Waals surface area contributed by atoms with Crippen LogP contribution in [0, 0.1) is 13.8 Å². The van der Waals surface area contributed by atoms with Gasteiger partial charge in [0.2, 0.25) is 0 Å². The van der Waals surface area contributed by atoms with Crippen LogP contribution in [-0.2, 0) is 0 Å². The molecule has 5 heteroatoms. The molecule has 0 saturated carbocycles. The van der Waals surface area contributed by atoms with Crippen molar-refractivity contribution in [2.24, 2.45) is 0 Å². The molecule has 132 valence electrons. The van der Waals surface area contributed by atoms with Crippen molar-refractivity contribution < 1.29 is 22.3 Å². The molecule has 0 fully saturated rings. The zero-order valence-corrected chi connectivity index (χ0v) is 15.7. The number of aryl methyl sites for hydroxylation is 2. The van der Waals surface area contributed by atoms with Gasteiger partial charge in [-0.2, -0.15) is 0 Å². The lowest BCUT2D eigenvalue weighted by Crippen LogP contribution is -3.00. The number of aliphatic hydroxyl groups excluding tert-OH is 1. The van der Waals surface area contributed by atoms with Gasteiger partial charge in [0.1, 0.15) is 18.5 Å². The van der Waals surface area contributed by atoms with E-state index in [4.69, 9.17) is 16.3 Å². The normalized spacial score (nSPS) is 13.0. The summed E-state index contributed by atoms with van der Waals surface area (Å²) < 4.78 is 5.67. The van der Waals surface area contributed by atoms with Gasteiger partial charge in [0, 0.05) is 17.6 Å². The Morgan fingerprint density at radius 2 is 1.71 bits per heavy atom. The Kier molecular flexibility index (Phi) is 8.57. The number of hydrogen-bond donors (Lipinski definition) is 2. The third-order valence-electron chi connectivity index (χ3n) is 3.81. The van der Waals surface area contributed by atoms with E-state index in [0.717, 1.165) is 21.9 Å². The zero-order valence-electron chi connectivity index (χ0n) is 14.2. The molecule has 0 amide bonds. The molecule has 0 radical (unpaired) electrons. The lowest BCUT2D eigenvalue weighted by molar-refractivity contribution is -0.00000660. The summed E-state index contributed by atoms with van der Waals surface area (Å²) in [4.78, 5) is 0. The molecule has 2 unspecified atom stereocenters. The highest BCUT2D eigenvalue weighted by Crippen LogP contribution is 2.25. The molecular formula is C19H24Cl2NO2-. The van der Waals surface area contributed by atoms with E-state index < -0.39 is 6.10 Å². The summed E-state index contributed by atoms with van der Waals surface area (Å²) in [7, 11) is 0. The summed E-state index contributed by atoms with van der Waals surface area (Å²) in [6, 6.07) is 14.1. The fourth-order valence-corrected chi connectivity index (χ4v) is 2.52. The maximum atomic E-state index is 10.1. The van der Waals surface area contributed by atoms with Gasteiger partial charge in [-0.25, -0.2) is 0 Å². The standard InChI is InChI=1S/C19H24ClNO2.ClH/c1-13-9-18(10-14(2)19(13)20)23-12-17(22)11-21-15(3)16-7-5-4-6-8-16;/h4-10,15,17,21-22H,11-12H2,1-3H3;1H/p-1. The van der Waals surface area contributed by atoms with Crippen molar-refractivity contribution in [1.82, 2.24) is 5.32 Å². The molecule has 3 nitrogen and oxygen atoms in total. The third-order valence-corrected chi connectivity index (χ3v) is 4.41. The van der Waals surface area contributed by atoms with Gasteiger partial charge in [-0.15, -0.1) is 0 Å². The maximum absolute atomic E-state index is 10.1. The Hall–Kier alpha value is -1.26. The van der Waals surface area contributed by atoms with Crippen LogP contribution in [0.1, 0.15) is 29.7 Å². The second-order valence-electron chi connectivity index (χ2n) is 5.88. The molecule has 0 aromatic heterocycles. The van der Waals surface area contributed by atoms with Gasteiger partial charge in [-0.3, -0.25) is 0 Å². The Morgan fingerprint density at radius 1 is 1.12 bits per heavy atom. The van der Waals surface area contributed by atoms with Crippen LogP contribution >= 0.6 is 11.6 Å². The van der Waals surface area contributed by atoms with E-state index in [9.17, 15) is 5.11 Å². The van der Waals surface area contributed by atoms with Crippen LogP contribution in [-0.4, -0.2) is 24.4 Å². The summed E-state index contributed by atoms with van der Waals surface area (Å²) in [5, 5.41) is 14.2. The molecule has 2 atom stereocenters. The Morgan fingerprint density at radius 3 is 2.29 bits per heavy atom. The van der Waals surface area contributed by atoms with Crippen LogP contribution in [0.25, 0.3) is 0 Å². The molecule has 0 aliphatic heterocycles. The predicted octanol–water partition coefficient (Wildman–Crippen LogP) is 1.05. The van der Waals surface area contributed by atoms with Crippen molar-refractivity contribution in [1.29, 1.82) is 0 Å². The van der Waals surface area contributed by atoms with Crippen LogP contribution in [0.5, 0.6) is 5.75 Å². The quantitative estimate of drug-likeness (QED) is 0.767. The molecule has 2 aromatic carbocycles. The van der Waals surface area contributed by atoms with E-state index in [0.29, 0.717) is 6.54 Å². The fraction of sp³-hybridized carbons (Fsp3) is 0.368. The summed E-state index contributed by atoms with van der Waals surface area (Å²) in [6.45, 7) is 6.69. The van der Waals surface area contributed by atoms with Crippen LogP contribution in [0.3, 0.4) is 0 Å². The van der Waals surface area contributed by atoms with Gasteiger partial charge in [-0.05, 0) is 49.6 Å². The lowest BCUT2D eigenvalue weighted by atomic mass is 10.1. The van der Waals surface area contributed by atoms with E-state index in [-0.39, 0.29) is 25.1 Å². The minimum Gasteiger partial charge on any atom is -1.00 e. The van der Waals surface area contributed by atoms with Crippen molar-refractivity contribution in [3.05, 3.63) is 64.2 Å². The second kappa shape index (κ2) is 9.90. The maximum Gasteiger partial charge on any atom is 0.120 e. The first-order chi connectivity index (χ1) is 11.0. The molecule has 0 bridgehead atoms. The summed E-state index contributed by atoms with van der Waals surface area (Å²) in [6.07, 6.45) is -0.572. The number of hydrogen-bond acceptors (Lipinski definition) is 3. The van der Waals surface area contributed by atoms with Crippen LogP contribution in [0.4, 0.5) is 0 Å². The Labute approximate surface area is 155 Å². The van der Waals surface area contributed by atoms with Crippen molar-refractivity contribution >= 4 is 11.6 Å². The van der Waals surface area contributed by atoms with Crippen molar-refractivity contribution in [2.45, 2.75) is 32.9 Å². The number of rotatable bonds is 7. The van der Waals surface area contributed by atoms with E-state index in [2.05, 4.69) is 24.4 Å². The molecule has 0 saturated heterocycles. The summed E-state index contributed by atoms with van der Waals surface area (Å²) in [5.74, 6) is 0.736. The van der Waals surface area contributed by atoms with Crippen LogP contribution in [0.2, 0.25) is 5.02 Å². The van der Waals surface area contributed by atoms with Gasteiger partial charge in [0.15, 0.2) is 0 Å². The lowest BCUT2D eigenvalue weighted by Gasteiger charge is -2.18. The largest absolute Gasteiger partial charge is 1.00 e. The van der Waals surface area contributed by atoms with Crippen LogP contribution in [0.15, 0.2) is 42.5 Å². The fourth-order valence-electron chi connectivity index (χ4n) is 2.41.